The molecule has 1 aliphatic heterocycles. The minimum atomic E-state index is -0.514. The topological polar surface area (TPSA) is 83.8 Å². The molecule has 0 radical (unpaired) electrons. The fraction of sp³-hybridized carbons (Fsp3) is 0.688. The number of rotatable bonds is 4. The summed E-state index contributed by atoms with van der Waals surface area (Å²) in [6, 6.07) is 0. The van der Waals surface area contributed by atoms with Crippen LogP contribution in [0.4, 0.5) is 0 Å². The lowest BCUT2D eigenvalue weighted by atomic mass is 9.92. The van der Waals surface area contributed by atoms with E-state index in [0.717, 1.165) is 18.1 Å². The van der Waals surface area contributed by atoms with Crippen LogP contribution in [0.5, 0.6) is 0 Å². The van der Waals surface area contributed by atoms with Gasteiger partial charge in [0.1, 0.15) is 6.10 Å². The van der Waals surface area contributed by atoms with Crippen molar-refractivity contribution in [2.45, 2.75) is 20.0 Å². The Hall–Kier alpha value is -2.09. The lowest BCUT2D eigenvalue weighted by Crippen LogP contribution is -2.51. The molecule has 0 saturated carbocycles. The molecule has 1 atom stereocenters. The SMILES string of the molecule is CN=C(NCC(C)(C)C(=O)NC)N1CCOC(c2cnn(C)c2)C1. The maximum absolute atomic E-state index is 11.9. The van der Waals surface area contributed by atoms with E-state index >= 15 is 0 Å². The number of amides is 1. The van der Waals surface area contributed by atoms with Crippen LogP contribution in [0, 0.1) is 5.41 Å². The van der Waals surface area contributed by atoms with Crippen molar-refractivity contribution < 1.29 is 9.53 Å². The van der Waals surface area contributed by atoms with Crippen molar-refractivity contribution in [1.29, 1.82) is 0 Å². The van der Waals surface area contributed by atoms with E-state index < -0.39 is 5.41 Å². The molecule has 2 rings (SSSR count). The Labute approximate surface area is 143 Å². The number of ether oxygens (including phenoxy) is 1. The van der Waals surface area contributed by atoms with Gasteiger partial charge in [-0.05, 0) is 13.8 Å². The van der Waals surface area contributed by atoms with Gasteiger partial charge in [0.2, 0.25) is 5.91 Å². The number of aryl methyl sites for hydroxylation is 1. The summed E-state index contributed by atoms with van der Waals surface area (Å²) in [5.41, 5.74) is 0.544. The van der Waals surface area contributed by atoms with E-state index in [2.05, 4.69) is 25.6 Å². The predicted octanol–water partition coefficient (Wildman–Crippen LogP) is 0.141. The van der Waals surface area contributed by atoms with Crippen LogP contribution in [-0.4, -0.2) is 66.9 Å². The first kappa shape index (κ1) is 18.3. The van der Waals surface area contributed by atoms with Crippen molar-refractivity contribution in [3.8, 4) is 0 Å². The summed E-state index contributed by atoms with van der Waals surface area (Å²) in [4.78, 5) is 18.4. The van der Waals surface area contributed by atoms with Gasteiger partial charge < -0.3 is 20.3 Å². The zero-order valence-corrected chi connectivity index (χ0v) is 15.2. The average Bonchev–Trinajstić information content (AvgIpc) is 3.01. The Kier molecular flexibility index (Phi) is 5.82. The number of carbonyl (C=O) groups is 1. The van der Waals surface area contributed by atoms with Gasteiger partial charge in [-0.3, -0.25) is 14.5 Å². The molecule has 1 amide bonds. The Morgan fingerprint density at radius 1 is 1.54 bits per heavy atom. The number of guanidine groups is 1. The molecule has 24 heavy (non-hydrogen) atoms. The molecular formula is C16H28N6O2. The van der Waals surface area contributed by atoms with Gasteiger partial charge in [0.25, 0.3) is 0 Å². The zero-order chi connectivity index (χ0) is 17.7. The van der Waals surface area contributed by atoms with Crippen LogP contribution in [-0.2, 0) is 16.6 Å². The zero-order valence-electron chi connectivity index (χ0n) is 15.2. The molecule has 8 heteroatoms. The van der Waals surface area contributed by atoms with E-state index in [9.17, 15) is 4.79 Å². The molecule has 1 saturated heterocycles. The maximum atomic E-state index is 11.9. The van der Waals surface area contributed by atoms with E-state index in [4.69, 9.17) is 4.74 Å². The summed E-state index contributed by atoms with van der Waals surface area (Å²) < 4.78 is 7.64. The predicted molar refractivity (Wildman–Crippen MR) is 92.7 cm³/mol. The molecule has 0 aromatic carbocycles. The van der Waals surface area contributed by atoms with Crippen molar-refractivity contribution in [2.24, 2.45) is 17.5 Å². The summed E-state index contributed by atoms with van der Waals surface area (Å²) in [5.74, 6) is 0.782. The van der Waals surface area contributed by atoms with Crippen LogP contribution in [0.1, 0.15) is 25.5 Å². The van der Waals surface area contributed by atoms with E-state index in [1.54, 1.807) is 18.8 Å². The van der Waals surface area contributed by atoms with E-state index in [0.29, 0.717) is 19.7 Å². The minimum Gasteiger partial charge on any atom is -0.370 e. The van der Waals surface area contributed by atoms with Crippen molar-refractivity contribution >= 4 is 11.9 Å². The molecular weight excluding hydrogens is 308 g/mol. The average molecular weight is 336 g/mol. The van der Waals surface area contributed by atoms with Gasteiger partial charge in [-0.2, -0.15) is 5.10 Å². The van der Waals surface area contributed by atoms with Gasteiger partial charge in [0.15, 0.2) is 5.96 Å². The molecule has 8 nitrogen and oxygen atoms in total. The lowest BCUT2D eigenvalue weighted by molar-refractivity contribution is -0.128. The highest BCUT2D eigenvalue weighted by molar-refractivity contribution is 5.84. The third-order valence-corrected chi connectivity index (χ3v) is 4.20. The Morgan fingerprint density at radius 3 is 2.88 bits per heavy atom. The number of nitrogens with zero attached hydrogens (tertiary/aromatic N) is 4. The number of hydrogen-bond donors (Lipinski definition) is 2. The van der Waals surface area contributed by atoms with Gasteiger partial charge >= 0.3 is 0 Å². The Morgan fingerprint density at radius 2 is 2.29 bits per heavy atom. The third kappa shape index (κ3) is 4.25. The fourth-order valence-corrected chi connectivity index (χ4v) is 2.70. The Bertz CT molecular complexity index is 595. The minimum absolute atomic E-state index is 0.000618. The van der Waals surface area contributed by atoms with Crippen molar-refractivity contribution in [2.75, 3.05) is 40.3 Å². The molecule has 0 spiro atoms. The highest BCUT2D eigenvalue weighted by atomic mass is 16.5. The second-order valence-electron chi connectivity index (χ2n) is 6.62. The summed E-state index contributed by atoms with van der Waals surface area (Å²) >= 11 is 0. The molecule has 134 valence electrons. The third-order valence-electron chi connectivity index (χ3n) is 4.20. The summed E-state index contributed by atoms with van der Waals surface area (Å²) in [7, 11) is 5.30. The van der Waals surface area contributed by atoms with Crippen LogP contribution < -0.4 is 10.6 Å². The smallest absolute Gasteiger partial charge is 0.227 e. The monoisotopic (exact) mass is 336 g/mol. The molecule has 1 aromatic heterocycles. The Balaban J connectivity index is 1.99. The number of hydrogen-bond acceptors (Lipinski definition) is 4. The van der Waals surface area contributed by atoms with Gasteiger partial charge in [-0.15, -0.1) is 0 Å². The largest absolute Gasteiger partial charge is 0.370 e. The van der Waals surface area contributed by atoms with Crippen LogP contribution >= 0.6 is 0 Å². The molecule has 0 bridgehead atoms. The fourth-order valence-electron chi connectivity index (χ4n) is 2.70. The lowest BCUT2D eigenvalue weighted by Gasteiger charge is -2.35. The van der Waals surface area contributed by atoms with E-state index in [-0.39, 0.29) is 12.0 Å². The number of aromatic nitrogens is 2. The molecule has 2 N–H and O–H groups in total. The summed E-state index contributed by atoms with van der Waals surface area (Å²) in [6.07, 6.45) is 3.77. The highest BCUT2D eigenvalue weighted by Crippen LogP contribution is 2.22. The van der Waals surface area contributed by atoms with E-state index in [1.807, 2.05) is 33.3 Å². The maximum Gasteiger partial charge on any atom is 0.227 e. The first-order valence-corrected chi connectivity index (χ1v) is 8.15. The number of morpholine rings is 1. The van der Waals surface area contributed by atoms with E-state index in [1.165, 1.54) is 0 Å². The van der Waals surface area contributed by atoms with Gasteiger partial charge in [0, 0.05) is 46.0 Å². The second-order valence-corrected chi connectivity index (χ2v) is 6.62. The first-order chi connectivity index (χ1) is 11.4. The van der Waals surface area contributed by atoms with Crippen LogP contribution in [0.25, 0.3) is 0 Å². The van der Waals surface area contributed by atoms with Gasteiger partial charge in [0.05, 0.1) is 24.8 Å². The number of aliphatic imine (C=N–C) groups is 1. The number of carbonyl (C=O) groups excluding carboxylic acids is 1. The molecule has 1 unspecified atom stereocenters. The van der Waals surface area contributed by atoms with Gasteiger partial charge in [-0.1, -0.05) is 0 Å². The van der Waals surface area contributed by atoms with Crippen molar-refractivity contribution in [1.82, 2.24) is 25.3 Å². The molecule has 1 aromatic rings. The molecule has 1 fully saturated rings. The second kappa shape index (κ2) is 7.65. The first-order valence-electron chi connectivity index (χ1n) is 8.15. The highest BCUT2D eigenvalue weighted by Gasteiger charge is 2.29. The van der Waals surface area contributed by atoms with Crippen LogP contribution in [0.3, 0.4) is 0 Å². The standard InChI is InChI=1S/C16H28N6O2/c1-16(2,14(23)17-3)11-19-15(18-4)22-6-7-24-13(10-22)12-8-20-21(5)9-12/h8-9,13H,6-7,10-11H2,1-5H3,(H,17,23)(H,18,19). The molecule has 0 aliphatic carbocycles. The quantitative estimate of drug-likeness (QED) is 0.604. The summed E-state index contributed by atoms with van der Waals surface area (Å²) in [6.45, 7) is 6.41. The number of nitrogens with one attached hydrogen (secondary N) is 2. The van der Waals surface area contributed by atoms with Crippen LogP contribution in [0.2, 0.25) is 0 Å². The summed E-state index contributed by atoms with van der Waals surface area (Å²) in [5, 5.41) is 10.2. The molecule has 1 aliphatic rings. The van der Waals surface area contributed by atoms with Crippen LogP contribution in [0.15, 0.2) is 17.4 Å². The van der Waals surface area contributed by atoms with Gasteiger partial charge in [-0.25, -0.2) is 0 Å². The van der Waals surface area contributed by atoms with Crippen molar-refractivity contribution in [3.63, 3.8) is 0 Å². The van der Waals surface area contributed by atoms with Crippen molar-refractivity contribution in [3.05, 3.63) is 18.0 Å². The normalized spacial score (nSPS) is 19.3. The molecule has 2 heterocycles.